The second-order valence-electron chi connectivity index (χ2n) is 22.8. The van der Waals surface area contributed by atoms with Gasteiger partial charge in [0.1, 0.15) is 0 Å². The van der Waals surface area contributed by atoms with Gasteiger partial charge in [-0.25, -0.2) is 0 Å². The smallest absolute Gasteiger partial charge is 0.0465 e. The predicted octanol–water partition coefficient (Wildman–Crippen LogP) is 20.7. The molecule has 3 heteroatoms. The Hall–Kier alpha value is -8.37. The molecule has 1 heterocycles. The number of fused-ring (bicyclic) bond motifs is 9. The lowest BCUT2D eigenvalue weighted by Crippen LogP contribution is -2.16. The predicted molar refractivity (Wildman–Crippen MR) is 333 cm³/mol. The van der Waals surface area contributed by atoms with Crippen molar-refractivity contribution in [3.8, 4) is 33.4 Å². The Labute approximate surface area is 457 Å². The van der Waals surface area contributed by atoms with Crippen molar-refractivity contribution in [2.75, 3.05) is 22.3 Å². The zero-order valence-corrected chi connectivity index (χ0v) is 46.2. The van der Waals surface area contributed by atoms with Gasteiger partial charge < -0.3 is 9.80 Å². The lowest BCUT2D eigenvalue weighted by atomic mass is 9.81. The van der Waals surface area contributed by atoms with Gasteiger partial charge in [0.25, 0.3) is 0 Å². The van der Waals surface area contributed by atoms with Crippen LogP contribution in [-0.2, 0) is 10.8 Å². The third kappa shape index (κ3) is 8.27. The van der Waals surface area contributed by atoms with E-state index in [2.05, 4.69) is 307 Å². The highest BCUT2D eigenvalue weighted by Crippen LogP contribution is 2.67. The van der Waals surface area contributed by atoms with Crippen LogP contribution in [0.2, 0.25) is 0 Å². The van der Waals surface area contributed by atoms with E-state index in [0.29, 0.717) is 0 Å². The molecule has 0 saturated carbocycles. The Kier molecular flexibility index (Phi) is 11.6. The Morgan fingerprint density at radius 1 is 0.299 bits per heavy atom. The average Bonchev–Trinajstić information content (AvgIpc) is 4.15. The van der Waals surface area contributed by atoms with Gasteiger partial charge in [-0.05, 0) is 212 Å². The van der Waals surface area contributed by atoms with E-state index in [9.17, 15) is 0 Å². The molecule has 1 aliphatic heterocycles. The number of hydrogen-bond donors (Lipinski definition) is 0. The lowest BCUT2D eigenvalue weighted by Gasteiger charge is -2.28. The quantitative estimate of drug-likeness (QED) is 0.126. The molecule has 10 aromatic carbocycles. The first kappa shape index (κ1) is 48.3. The largest absolute Gasteiger partial charge is 0.310 e. The summed E-state index contributed by atoms with van der Waals surface area (Å²) >= 11 is 0. The minimum atomic E-state index is -1.16. The molecule has 0 radical (unpaired) electrons. The van der Waals surface area contributed by atoms with Gasteiger partial charge in [0, 0.05) is 54.7 Å². The van der Waals surface area contributed by atoms with Crippen LogP contribution in [0.5, 0.6) is 0 Å². The van der Waals surface area contributed by atoms with Crippen molar-refractivity contribution in [1.29, 1.82) is 0 Å². The van der Waals surface area contributed by atoms with Crippen LogP contribution in [-0.4, -0.2) is 12.5 Å². The Balaban J connectivity index is 0.757. The van der Waals surface area contributed by atoms with E-state index in [1.807, 2.05) is 0 Å². The fraction of sp³-hybridized carbons (Fsp3) is 0.135. The summed E-state index contributed by atoms with van der Waals surface area (Å²) in [4.78, 5) is 7.69. The number of para-hydroxylation sites is 2. The van der Waals surface area contributed by atoms with Crippen LogP contribution >= 0.6 is 10.0 Å². The molecule has 376 valence electrons. The minimum Gasteiger partial charge on any atom is -0.310 e. The molecule has 0 amide bonds. The van der Waals surface area contributed by atoms with Crippen LogP contribution in [0.3, 0.4) is 0 Å². The second-order valence-corrected chi connectivity index (χ2v) is 26.4. The summed E-state index contributed by atoms with van der Waals surface area (Å²) in [5.74, 6) is 0. The van der Waals surface area contributed by atoms with Crippen molar-refractivity contribution < 1.29 is 0 Å². The molecular formula is C74H64N2S. The normalized spacial score (nSPS) is 15.1. The first-order valence-electron chi connectivity index (χ1n) is 27.0. The topological polar surface area (TPSA) is 6.48 Å². The van der Waals surface area contributed by atoms with Gasteiger partial charge in [-0.1, -0.05) is 173 Å². The number of rotatable bonds is 10. The van der Waals surface area contributed by atoms with Gasteiger partial charge in [-0.2, -0.15) is 10.0 Å². The Morgan fingerprint density at radius 2 is 0.623 bits per heavy atom. The first-order valence-corrected chi connectivity index (χ1v) is 29.5. The molecule has 0 unspecified atom stereocenters. The summed E-state index contributed by atoms with van der Waals surface area (Å²) in [5.41, 5.74) is 27.5. The van der Waals surface area contributed by atoms with E-state index in [4.69, 9.17) is 0 Å². The van der Waals surface area contributed by atoms with Crippen molar-refractivity contribution in [3.63, 3.8) is 0 Å². The van der Waals surface area contributed by atoms with Gasteiger partial charge in [0.15, 0.2) is 0 Å². The van der Waals surface area contributed by atoms with Crippen molar-refractivity contribution >= 4 is 68.5 Å². The summed E-state index contributed by atoms with van der Waals surface area (Å²) in [6, 6.07) is 81.5. The maximum absolute atomic E-state index is 2.45. The van der Waals surface area contributed by atoms with Crippen LogP contribution in [0.1, 0.15) is 83.3 Å². The molecule has 0 atom stereocenters. The summed E-state index contributed by atoms with van der Waals surface area (Å²) in [5, 5.41) is 0. The van der Waals surface area contributed by atoms with Gasteiger partial charge in [-0.3, -0.25) is 0 Å². The van der Waals surface area contributed by atoms with Crippen molar-refractivity contribution in [2.45, 2.75) is 62.2 Å². The van der Waals surface area contributed by atoms with E-state index >= 15 is 0 Å². The fourth-order valence-corrected chi connectivity index (χ4v) is 15.2. The molecule has 0 aromatic heterocycles. The molecule has 2 aliphatic carbocycles. The molecule has 0 spiro atoms. The molecule has 10 aromatic rings. The van der Waals surface area contributed by atoms with E-state index in [1.54, 1.807) is 0 Å². The maximum Gasteiger partial charge on any atom is 0.0465 e. The fourth-order valence-electron chi connectivity index (χ4n) is 12.7. The van der Waals surface area contributed by atoms with E-state index in [0.717, 1.165) is 22.7 Å². The van der Waals surface area contributed by atoms with Crippen molar-refractivity contribution in [3.05, 3.63) is 274 Å². The molecule has 2 nitrogen and oxygen atoms in total. The van der Waals surface area contributed by atoms with Crippen molar-refractivity contribution in [2.24, 2.45) is 0 Å². The van der Waals surface area contributed by atoms with Gasteiger partial charge in [-0.15, -0.1) is 0 Å². The highest BCUT2D eigenvalue weighted by atomic mass is 32.3. The molecule has 13 rings (SSSR count). The SMILES string of the molecule is Cc1cccc(N(c2ccccc2)c2ccc3c(c2)C(C)(C)c2cc(/C=C/c4ccc5c(c4)-c4cc(/C=C/c6ccc7c(c6)C(C)(C)c6cc(N(c8ccccc8)c8cccc(C)c8)ccc6-7)ccc4S5(C)C)ccc2-3)c1. The van der Waals surface area contributed by atoms with Crippen LogP contribution < -0.4 is 9.80 Å². The van der Waals surface area contributed by atoms with Gasteiger partial charge in [0.2, 0.25) is 0 Å². The number of nitrogens with zero attached hydrogens (tertiary/aromatic N) is 2. The Morgan fingerprint density at radius 3 is 1.01 bits per heavy atom. The van der Waals surface area contributed by atoms with Crippen LogP contribution in [0.15, 0.2) is 228 Å². The molecule has 0 N–H and O–H groups in total. The molecule has 77 heavy (non-hydrogen) atoms. The zero-order valence-electron chi connectivity index (χ0n) is 45.4. The van der Waals surface area contributed by atoms with Gasteiger partial charge >= 0.3 is 0 Å². The number of benzene rings is 10. The summed E-state index contributed by atoms with van der Waals surface area (Å²) < 4.78 is 0. The molecular weight excluding hydrogens is 949 g/mol. The first-order chi connectivity index (χ1) is 37.2. The number of hydrogen-bond acceptors (Lipinski definition) is 2. The maximum atomic E-state index is 2.45. The summed E-state index contributed by atoms with van der Waals surface area (Å²) in [7, 11) is -1.16. The van der Waals surface area contributed by atoms with Crippen LogP contribution in [0.4, 0.5) is 34.1 Å². The summed E-state index contributed by atoms with van der Waals surface area (Å²) in [6.07, 6.45) is 14.1. The minimum absolute atomic E-state index is 0.168. The molecule has 3 aliphatic rings. The second kappa shape index (κ2) is 18.4. The molecule has 0 saturated heterocycles. The number of aryl methyl sites for hydroxylation is 2. The van der Waals surface area contributed by atoms with Crippen molar-refractivity contribution in [1.82, 2.24) is 0 Å². The van der Waals surface area contributed by atoms with E-state index < -0.39 is 10.0 Å². The average molecular weight is 1010 g/mol. The molecule has 0 fully saturated rings. The standard InChI is InChI=1S/C74H64N2S/c1-49-17-15-23-57(41-49)75(55-19-11-9-12-20-55)59-33-37-63-61-35-29-53(45-67(61)73(3,4)69(63)47-59)27-25-51-31-39-71-65(43-51)66-44-52(32-40-72(66)77(71,7)8)26-28-54-30-36-62-64-38-34-60(48-70(64)74(5,6)68(62)46-54)76(56-21-13-10-14-22-56)58-24-16-18-50(2)42-58/h9-48H,1-8H3/b27-25+,28-26+. The van der Waals surface area contributed by atoms with E-state index in [-0.39, 0.29) is 10.8 Å². The third-order valence-corrected chi connectivity index (χ3v) is 19.7. The Bertz CT molecular complexity index is 3780. The van der Waals surface area contributed by atoms with E-state index in [1.165, 1.54) is 110 Å². The highest BCUT2D eigenvalue weighted by Gasteiger charge is 2.38. The highest BCUT2D eigenvalue weighted by molar-refractivity contribution is 8.33. The van der Waals surface area contributed by atoms with Crippen LogP contribution in [0.25, 0.3) is 57.7 Å². The molecule has 0 bridgehead atoms. The summed E-state index contributed by atoms with van der Waals surface area (Å²) in [6.45, 7) is 13.9. The zero-order chi connectivity index (χ0) is 52.8. The van der Waals surface area contributed by atoms with Crippen LogP contribution in [0, 0.1) is 13.8 Å². The number of anilines is 6. The van der Waals surface area contributed by atoms with Gasteiger partial charge in [0.05, 0.1) is 0 Å². The third-order valence-electron chi connectivity index (χ3n) is 16.8. The lowest BCUT2D eigenvalue weighted by molar-refractivity contribution is 0.660. The monoisotopic (exact) mass is 1010 g/mol.